The Bertz CT molecular complexity index is 395. The van der Waals surface area contributed by atoms with Gasteiger partial charge in [-0.2, -0.15) is 0 Å². The van der Waals surface area contributed by atoms with Crippen LogP contribution < -0.4 is 0 Å². The molecule has 1 aromatic carbocycles. The van der Waals surface area contributed by atoms with E-state index in [4.69, 9.17) is 4.74 Å². The summed E-state index contributed by atoms with van der Waals surface area (Å²) in [6.45, 7) is 3.45. The van der Waals surface area contributed by atoms with Crippen molar-refractivity contribution in [2.75, 3.05) is 6.61 Å². The molecule has 0 radical (unpaired) electrons. The van der Waals surface area contributed by atoms with Crippen molar-refractivity contribution in [1.29, 1.82) is 0 Å². The van der Waals surface area contributed by atoms with Crippen LogP contribution >= 0.6 is 0 Å². The number of benzene rings is 1. The zero-order valence-corrected chi connectivity index (χ0v) is 10.1. The van der Waals surface area contributed by atoms with Gasteiger partial charge in [-0.15, -0.1) is 0 Å². The maximum absolute atomic E-state index is 11.2. The lowest BCUT2D eigenvalue weighted by Gasteiger charge is -2.23. The van der Waals surface area contributed by atoms with Crippen molar-refractivity contribution in [3.63, 3.8) is 0 Å². The molecule has 2 atom stereocenters. The Balaban J connectivity index is 1.79. The predicted octanol–water partition coefficient (Wildman–Crippen LogP) is 2.98. The summed E-state index contributed by atoms with van der Waals surface area (Å²) >= 11 is 0. The van der Waals surface area contributed by atoms with E-state index in [0.29, 0.717) is 31.5 Å². The first kappa shape index (κ1) is 12.1. The minimum atomic E-state index is 0.233. The minimum absolute atomic E-state index is 0.233. The second-order valence-electron chi connectivity index (χ2n) is 4.67. The number of carbonyl (C=O) groups excluding carboxylic acids is 1. The lowest BCUT2D eigenvalue weighted by molar-refractivity contribution is -0.116. The van der Waals surface area contributed by atoms with Gasteiger partial charge in [0.25, 0.3) is 0 Å². The van der Waals surface area contributed by atoms with Crippen molar-refractivity contribution in [3.05, 3.63) is 48.0 Å². The van der Waals surface area contributed by atoms with Crippen LogP contribution in [0.5, 0.6) is 0 Å². The van der Waals surface area contributed by atoms with Gasteiger partial charge in [0.1, 0.15) is 0 Å². The van der Waals surface area contributed by atoms with E-state index in [2.05, 4.69) is 19.1 Å². The van der Waals surface area contributed by atoms with Crippen molar-refractivity contribution in [2.45, 2.75) is 20.0 Å². The molecule has 0 heterocycles. The summed E-state index contributed by atoms with van der Waals surface area (Å²) in [4.78, 5) is 11.2. The molecule has 0 aromatic heterocycles. The number of rotatable bonds is 4. The first-order chi connectivity index (χ1) is 8.25. The number of ketones is 1. The molecule has 2 heteroatoms. The molecule has 1 aliphatic carbocycles. The molecule has 1 aromatic rings. The molecular formula is C15H18O2. The number of carbonyl (C=O) groups is 1. The Morgan fingerprint density at radius 3 is 2.76 bits per heavy atom. The van der Waals surface area contributed by atoms with Crippen LogP contribution in [0.4, 0.5) is 0 Å². The van der Waals surface area contributed by atoms with E-state index in [0.717, 1.165) is 0 Å². The van der Waals surface area contributed by atoms with E-state index < -0.39 is 0 Å². The van der Waals surface area contributed by atoms with Crippen LogP contribution in [0.3, 0.4) is 0 Å². The monoisotopic (exact) mass is 230 g/mol. The quantitative estimate of drug-likeness (QED) is 0.794. The van der Waals surface area contributed by atoms with Crippen molar-refractivity contribution < 1.29 is 9.53 Å². The predicted molar refractivity (Wildman–Crippen MR) is 67.5 cm³/mol. The van der Waals surface area contributed by atoms with Crippen molar-refractivity contribution in [2.24, 2.45) is 11.8 Å². The van der Waals surface area contributed by atoms with Crippen LogP contribution in [-0.4, -0.2) is 12.4 Å². The minimum Gasteiger partial charge on any atom is -0.376 e. The Kier molecular flexibility index (Phi) is 4.10. The summed E-state index contributed by atoms with van der Waals surface area (Å²) in [5.41, 5.74) is 1.19. The molecule has 1 aliphatic rings. The van der Waals surface area contributed by atoms with Crippen LogP contribution in [0.15, 0.2) is 42.5 Å². The summed E-state index contributed by atoms with van der Waals surface area (Å²) in [5.74, 6) is 0.997. The van der Waals surface area contributed by atoms with Gasteiger partial charge in [0, 0.05) is 12.3 Å². The van der Waals surface area contributed by atoms with E-state index in [-0.39, 0.29) is 5.78 Å². The fraction of sp³-hybridized carbons (Fsp3) is 0.400. The van der Waals surface area contributed by atoms with Gasteiger partial charge in [0.2, 0.25) is 0 Å². The van der Waals surface area contributed by atoms with Crippen molar-refractivity contribution in [3.8, 4) is 0 Å². The fourth-order valence-corrected chi connectivity index (χ4v) is 2.06. The number of hydrogen-bond donors (Lipinski definition) is 0. The third kappa shape index (κ3) is 3.53. The van der Waals surface area contributed by atoms with Crippen LogP contribution in [0.2, 0.25) is 0 Å². The molecule has 0 amide bonds. The Morgan fingerprint density at radius 2 is 2.06 bits per heavy atom. The van der Waals surface area contributed by atoms with Gasteiger partial charge in [0.15, 0.2) is 5.78 Å². The van der Waals surface area contributed by atoms with E-state index >= 15 is 0 Å². The molecule has 17 heavy (non-hydrogen) atoms. The molecule has 90 valence electrons. The lowest BCUT2D eigenvalue weighted by atomic mass is 9.85. The Labute approximate surface area is 102 Å². The number of hydrogen-bond acceptors (Lipinski definition) is 2. The summed E-state index contributed by atoms with van der Waals surface area (Å²) in [6.07, 6.45) is 4.33. The van der Waals surface area contributed by atoms with E-state index in [1.54, 1.807) is 6.08 Å². The second kappa shape index (κ2) is 5.78. The smallest absolute Gasteiger partial charge is 0.155 e. The largest absolute Gasteiger partial charge is 0.376 e. The number of allylic oxidation sites excluding steroid dienone is 1. The third-order valence-electron chi connectivity index (χ3n) is 3.21. The maximum Gasteiger partial charge on any atom is 0.155 e. The Morgan fingerprint density at radius 1 is 1.29 bits per heavy atom. The molecule has 0 bridgehead atoms. The van der Waals surface area contributed by atoms with Gasteiger partial charge in [0.05, 0.1) is 13.2 Å². The highest BCUT2D eigenvalue weighted by Gasteiger charge is 2.21. The van der Waals surface area contributed by atoms with Gasteiger partial charge in [-0.25, -0.2) is 0 Å². The molecular weight excluding hydrogens is 212 g/mol. The third-order valence-corrected chi connectivity index (χ3v) is 3.21. The molecule has 0 aliphatic heterocycles. The van der Waals surface area contributed by atoms with Gasteiger partial charge in [-0.3, -0.25) is 4.79 Å². The normalized spacial score (nSPS) is 23.9. The summed E-state index contributed by atoms with van der Waals surface area (Å²) in [7, 11) is 0. The zero-order valence-electron chi connectivity index (χ0n) is 10.1. The highest BCUT2D eigenvalue weighted by Crippen LogP contribution is 2.22. The summed E-state index contributed by atoms with van der Waals surface area (Å²) in [5, 5.41) is 0. The van der Waals surface area contributed by atoms with E-state index in [1.807, 2.05) is 24.3 Å². The molecule has 0 fully saturated rings. The lowest BCUT2D eigenvalue weighted by Crippen LogP contribution is -2.22. The molecule has 0 unspecified atom stereocenters. The highest BCUT2D eigenvalue weighted by molar-refractivity contribution is 5.90. The highest BCUT2D eigenvalue weighted by atomic mass is 16.5. The molecule has 0 spiro atoms. The first-order valence-electron chi connectivity index (χ1n) is 6.08. The average Bonchev–Trinajstić information content (AvgIpc) is 2.33. The maximum atomic E-state index is 11.2. The average molecular weight is 230 g/mol. The molecule has 2 rings (SSSR count). The molecule has 0 N–H and O–H groups in total. The van der Waals surface area contributed by atoms with Crippen LogP contribution in [-0.2, 0) is 16.1 Å². The van der Waals surface area contributed by atoms with Crippen molar-refractivity contribution in [1.82, 2.24) is 0 Å². The fourth-order valence-electron chi connectivity index (χ4n) is 2.06. The van der Waals surface area contributed by atoms with Gasteiger partial charge >= 0.3 is 0 Å². The van der Waals surface area contributed by atoms with E-state index in [1.165, 1.54) is 5.56 Å². The van der Waals surface area contributed by atoms with Gasteiger partial charge in [-0.05, 0) is 17.6 Å². The first-order valence-corrected chi connectivity index (χ1v) is 6.08. The Hall–Kier alpha value is -1.41. The summed E-state index contributed by atoms with van der Waals surface area (Å²) < 4.78 is 5.70. The molecule has 0 saturated heterocycles. The topological polar surface area (TPSA) is 26.3 Å². The van der Waals surface area contributed by atoms with Crippen LogP contribution in [0, 0.1) is 11.8 Å². The van der Waals surface area contributed by atoms with Gasteiger partial charge < -0.3 is 4.74 Å². The van der Waals surface area contributed by atoms with Crippen LogP contribution in [0.25, 0.3) is 0 Å². The zero-order chi connectivity index (χ0) is 12.1. The molecule has 0 saturated carbocycles. The molecule has 2 nitrogen and oxygen atoms in total. The SMILES string of the molecule is C[C@H]1CC(=O)C=C[C@@H]1COCc1ccccc1. The van der Waals surface area contributed by atoms with E-state index in [9.17, 15) is 4.79 Å². The van der Waals surface area contributed by atoms with Crippen LogP contribution in [0.1, 0.15) is 18.9 Å². The van der Waals surface area contributed by atoms with Gasteiger partial charge in [-0.1, -0.05) is 43.3 Å². The second-order valence-corrected chi connectivity index (χ2v) is 4.67. The van der Waals surface area contributed by atoms with Crippen molar-refractivity contribution >= 4 is 5.78 Å². The standard InChI is InChI=1S/C15H18O2/c1-12-9-15(16)8-7-14(12)11-17-10-13-5-3-2-4-6-13/h2-8,12,14H,9-11H2,1H3/t12-,14+/m0/s1. The summed E-state index contributed by atoms with van der Waals surface area (Å²) in [6, 6.07) is 10.1. The number of ether oxygens (including phenoxy) is 1.